The Morgan fingerprint density at radius 2 is 1.89 bits per heavy atom. The van der Waals surface area contributed by atoms with E-state index in [1.54, 1.807) is 12.3 Å². The molecule has 0 aliphatic carbocycles. The van der Waals surface area contributed by atoms with Gasteiger partial charge in [0, 0.05) is 23.5 Å². The molecule has 96 valence electrons. The van der Waals surface area contributed by atoms with Crippen LogP contribution in [0.5, 0.6) is 0 Å². The number of nitrogens with zero attached hydrogens (tertiary/aromatic N) is 1. The zero-order valence-corrected chi connectivity index (χ0v) is 10.8. The summed E-state index contributed by atoms with van der Waals surface area (Å²) >= 11 is 0. The minimum Gasteiger partial charge on any atom is -0.383 e. The molecule has 3 nitrogen and oxygen atoms in total. The van der Waals surface area contributed by atoms with Crippen LogP contribution in [0.15, 0.2) is 66.5 Å². The van der Waals surface area contributed by atoms with Crippen LogP contribution in [0, 0.1) is 0 Å². The molecule has 0 radical (unpaired) electrons. The highest BCUT2D eigenvalue weighted by Gasteiger charge is 2.01. The number of hydrogen-bond donors (Lipinski definition) is 1. The normalized spacial score (nSPS) is 11.1. The van der Waals surface area contributed by atoms with Gasteiger partial charge in [0.15, 0.2) is 5.78 Å². The molecule has 0 atom stereocenters. The Morgan fingerprint density at radius 3 is 2.58 bits per heavy atom. The predicted molar refractivity (Wildman–Crippen MR) is 75.6 cm³/mol. The van der Waals surface area contributed by atoms with Gasteiger partial charge in [0.2, 0.25) is 0 Å². The van der Waals surface area contributed by atoms with Gasteiger partial charge in [0.05, 0.1) is 12.2 Å². The number of ketones is 1. The van der Waals surface area contributed by atoms with E-state index in [1.807, 2.05) is 55.5 Å². The summed E-state index contributed by atoms with van der Waals surface area (Å²) in [4.78, 5) is 16.1. The molecule has 0 aliphatic rings. The Bertz CT molecular complexity index is 562. The minimum absolute atomic E-state index is 0.00613. The Kier molecular flexibility index (Phi) is 4.45. The summed E-state index contributed by atoms with van der Waals surface area (Å²) in [6.07, 6.45) is 3.36. The number of nitrogens with one attached hydrogen (secondary N) is 1. The van der Waals surface area contributed by atoms with Gasteiger partial charge in [-0.15, -0.1) is 0 Å². The zero-order chi connectivity index (χ0) is 13.5. The van der Waals surface area contributed by atoms with E-state index in [0.717, 1.165) is 11.4 Å². The molecule has 0 aliphatic heterocycles. The van der Waals surface area contributed by atoms with Crippen molar-refractivity contribution in [1.82, 2.24) is 10.3 Å². The van der Waals surface area contributed by atoms with Gasteiger partial charge in [0.25, 0.3) is 0 Å². The monoisotopic (exact) mass is 252 g/mol. The number of aromatic nitrogens is 1. The molecule has 0 saturated heterocycles. The lowest BCUT2D eigenvalue weighted by Crippen LogP contribution is -2.13. The highest BCUT2D eigenvalue weighted by atomic mass is 16.1. The summed E-state index contributed by atoms with van der Waals surface area (Å²) in [5, 5.41) is 3.18. The smallest absolute Gasteiger partial charge is 0.187 e. The lowest BCUT2D eigenvalue weighted by atomic mass is 10.1. The molecule has 19 heavy (non-hydrogen) atoms. The van der Waals surface area contributed by atoms with E-state index in [1.165, 1.54) is 0 Å². The fraction of sp³-hybridized carbons (Fsp3) is 0.125. The average molecular weight is 252 g/mol. The molecule has 0 bridgehead atoms. The molecule has 1 N–H and O–H groups in total. The van der Waals surface area contributed by atoms with E-state index in [4.69, 9.17) is 0 Å². The van der Waals surface area contributed by atoms with E-state index in [2.05, 4.69) is 10.3 Å². The molecule has 0 amide bonds. The van der Waals surface area contributed by atoms with Crippen molar-refractivity contribution < 1.29 is 4.79 Å². The molecule has 0 unspecified atom stereocenters. The fourth-order valence-corrected chi connectivity index (χ4v) is 1.67. The Labute approximate surface area is 113 Å². The summed E-state index contributed by atoms with van der Waals surface area (Å²) in [6.45, 7) is 2.50. The van der Waals surface area contributed by atoms with Crippen molar-refractivity contribution in [1.29, 1.82) is 0 Å². The lowest BCUT2D eigenvalue weighted by Gasteiger charge is -2.05. The Balaban J connectivity index is 1.94. The van der Waals surface area contributed by atoms with Gasteiger partial charge in [-0.2, -0.15) is 0 Å². The average Bonchev–Trinajstić information content (AvgIpc) is 2.47. The van der Waals surface area contributed by atoms with Crippen LogP contribution in [-0.2, 0) is 6.54 Å². The molecular formula is C16H16N2O. The molecule has 2 aromatic rings. The lowest BCUT2D eigenvalue weighted by molar-refractivity contribution is 0.104. The van der Waals surface area contributed by atoms with Gasteiger partial charge < -0.3 is 5.32 Å². The van der Waals surface area contributed by atoms with Gasteiger partial charge in [-0.3, -0.25) is 9.78 Å². The number of carbonyl (C=O) groups is 1. The second-order valence-corrected chi connectivity index (χ2v) is 4.23. The molecule has 1 aromatic heterocycles. The van der Waals surface area contributed by atoms with Gasteiger partial charge in [-0.05, 0) is 19.1 Å². The van der Waals surface area contributed by atoms with E-state index in [9.17, 15) is 4.79 Å². The van der Waals surface area contributed by atoms with Gasteiger partial charge in [0.1, 0.15) is 0 Å². The SMILES string of the molecule is C/C(=C\C(=O)c1ccccc1)NCc1ccccn1. The fourth-order valence-electron chi connectivity index (χ4n) is 1.67. The van der Waals surface area contributed by atoms with Crippen LogP contribution in [0.1, 0.15) is 23.0 Å². The van der Waals surface area contributed by atoms with E-state index in [0.29, 0.717) is 12.1 Å². The minimum atomic E-state index is 0.00613. The van der Waals surface area contributed by atoms with Crippen LogP contribution in [0.4, 0.5) is 0 Å². The molecule has 0 saturated carbocycles. The Hall–Kier alpha value is -2.42. The first-order valence-corrected chi connectivity index (χ1v) is 6.17. The summed E-state index contributed by atoms with van der Waals surface area (Å²) in [6, 6.07) is 15.0. The summed E-state index contributed by atoms with van der Waals surface area (Å²) < 4.78 is 0. The summed E-state index contributed by atoms with van der Waals surface area (Å²) in [5.74, 6) is 0.00613. The van der Waals surface area contributed by atoms with Crippen LogP contribution in [-0.4, -0.2) is 10.8 Å². The molecular weight excluding hydrogens is 236 g/mol. The number of rotatable bonds is 5. The van der Waals surface area contributed by atoms with Crippen LogP contribution in [0.25, 0.3) is 0 Å². The molecule has 3 heteroatoms. The first kappa shape index (κ1) is 13.0. The van der Waals surface area contributed by atoms with Crippen molar-refractivity contribution in [3.8, 4) is 0 Å². The van der Waals surface area contributed by atoms with Crippen LogP contribution >= 0.6 is 0 Å². The van der Waals surface area contributed by atoms with E-state index < -0.39 is 0 Å². The number of pyridine rings is 1. The second kappa shape index (κ2) is 6.50. The number of benzene rings is 1. The summed E-state index contributed by atoms with van der Waals surface area (Å²) in [5.41, 5.74) is 2.48. The van der Waals surface area contributed by atoms with Gasteiger partial charge in [-0.25, -0.2) is 0 Å². The van der Waals surface area contributed by atoms with Crippen molar-refractivity contribution in [3.63, 3.8) is 0 Å². The number of hydrogen-bond acceptors (Lipinski definition) is 3. The largest absolute Gasteiger partial charge is 0.383 e. The highest BCUT2D eigenvalue weighted by molar-refractivity contribution is 6.04. The van der Waals surface area contributed by atoms with Crippen molar-refractivity contribution in [2.75, 3.05) is 0 Å². The third-order valence-corrected chi connectivity index (χ3v) is 2.68. The number of carbonyl (C=O) groups excluding carboxylic acids is 1. The zero-order valence-electron chi connectivity index (χ0n) is 10.8. The van der Waals surface area contributed by atoms with E-state index in [-0.39, 0.29) is 5.78 Å². The topological polar surface area (TPSA) is 42.0 Å². The molecule has 1 aromatic carbocycles. The second-order valence-electron chi connectivity index (χ2n) is 4.23. The first-order chi connectivity index (χ1) is 9.25. The van der Waals surface area contributed by atoms with Crippen molar-refractivity contribution in [2.24, 2.45) is 0 Å². The Morgan fingerprint density at radius 1 is 1.16 bits per heavy atom. The number of allylic oxidation sites excluding steroid dienone is 2. The van der Waals surface area contributed by atoms with Crippen LogP contribution in [0.3, 0.4) is 0 Å². The highest BCUT2D eigenvalue weighted by Crippen LogP contribution is 2.03. The molecule has 0 spiro atoms. The maximum atomic E-state index is 11.9. The standard InChI is InChI=1S/C16H16N2O/c1-13(18-12-15-9-5-6-10-17-15)11-16(19)14-7-3-2-4-8-14/h2-11,18H,12H2,1H3/b13-11+. The van der Waals surface area contributed by atoms with Crippen molar-refractivity contribution in [2.45, 2.75) is 13.5 Å². The predicted octanol–water partition coefficient (Wildman–Crippen LogP) is 2.96. The van der Waals surface area contributed by atoms with Crippen molar-refractivity contribution >= 4 is 5.78 Å². The first-order valence-electron chi connectivity index (χ1n) is 6.17. The third kappa shape index (κ3) is 4.07. The molecule has 2 rings (SSSR count). The quantitative estimate of drug-likeness (QED) is 0.657. The van der Waals surface area contributed by atoms with Gasteiger partial charge >= 0.3 is 0 Å². The van der Waals surface area contributed by atoms with Crippen LogP contribution < -0.4 is 5.32 Å². The molecule has 0 fully saturated rings. The maximum absolute atomic E-state index is 11.9. The summed E-state index contributed by atoms with van der Waals surface area (Å²) in [7, 11) is 0. The van der Waals surface area contributed by atoms with Crippen molar-refractivity contribution in [3.05, 3.63) is 77.8 Å². The third-order valence-electron chi connectivity index (χ3n) is 2.68. The van der Waals surface area contributed by atoms with Crippen LogP contribution in [0.2, 0.25) is 0 Å². The van der Waals surface area contributed by atoms with E-state index >= 15 is 0 Å². The van der Waals surface area contributed by atoms with Gasteiger partial charge in [-0.1, -0.05) is 36.4 Å². The molecule has 1 heterocycles. The maximum Gasteiger partial charge on any atom is 0.187 e.